The monoisotopic (exact) mass is 296 g/mol. The number of nitrogens with one attached hydrogen (secondary N) is 1. The Bertz CT molecular complexity index is 433. The van der Waals surface area contributed by atoms with Crippen molar-refractivity contribution in [2.24, 2.45) is 5.92 Å². The number of carbonyl (C=O) groups excluding carboxylic acids is 1. The lowest BCUT2D eigenvalue weighted by molar-refractivity contribution is 0.0929. The number of nitrogen functional groups attached to an aromatic ring is 1. The van der Waals surface area contributed by atoms with E-state index < -0.39 is 0 Å². The summed E-state index contributed by atoms with van der Waals surface area (Å²) in [7, 11) is 0. The van der Waals surface area contributed by atoms with Crippen molar-refractivity contribution in [2.45, 2.75) is 32.2 Å². The van der Waals surface area contributed by atoms with Crippen molar-refractivity contribution >= 4 is 27.5 Å². The summed E-state index contributed by atoms with van der Waals surface area (Å²) in [6, 6.07) is 5.59. The van der Waals surface area contributed by atoms with Crippen molar-refractivity contribution in [1.82, 2.24) is 5.32 Å². The van der Waals surface area contributed by atoms with Gasteiger partial charge >= 0.3 is 0 Å². The smallest absolute Gasteiger partial charge is 0.251 e. The van der Waals surface area contributed by atoms with Gasteiger partial charge in [-0.05, 0) is 52.9 Å². The molecule has 1 aromatic rings. The molecule has 92 valence electrons. The van der Waals surface area contributed by atoms with Crippen LogP contribution >= 0.6 is 15.9 Å². The van der Waals surface area contributed by atoms with E-state index in [2.05, 4.69) is 28.2 Å². The highest BCUT2D eigenvalue weighted by atomic mass is 79.9. The minimum Gasteiger partial charge on any atom is -0.398 e. The molecule has 0 spiro atoms. The molecule has 1 fully saturated rings. The number of carbonyl (C=O) groups is 1. The van der Waals surface area contributed by atoms with Gasteiger partial charge in [0.2, 0.25) is 0 Å². The number of benzene rings is 1. The van der Waals surface area contributed by atoms with Crippen LogP contribution in [0.3, 0.4) is 0 Å². The first kappa shape index (κ1) is 12.4. The van der Waals surface area contributed by atoms with Gasteiger partial charge in [0.15, 0.2) is 0 Å². The Balaban J connectivity index is 2.06. The van der Waals surface area contributed by atoms with E-state index in [4.69, 9.17) is 5.73 Å². The van der Waals surface area contributed by atoms with Crippen LogP contribution in [0.4, 0.5) is 5.69 Å². The second-order valence-electron chi connectivity index (χ2n) is 4.72. The zero-order chi connectivity index (χ0) is 12.4. The number of amides is 1. The third kappa shape index (κ3) is 2.80. The molecule has 1 saturated carbocycles. The van der Waals surface area contributed by atoms with Crippen LogP contribution in [-0.4, -0.2) is 11.9 Å². The van der Waals surface area contributed by atoms with Crippen LogP contribution in [0.1, 0.15) is 36.5 Å². The number of anilines is 1. The van der Waals surface area contributed by atoms with Crippen molar-refractivity contribution in [3.8, 4) is 0 Å². The lowest BCUT2D eigenvalue weighted by Crippen LogP contribution is -2.36. The first-order valence-corrected chi connectivity index (χ1v) is 6.73. The van der Waals surface area contributed by atoms with Gasteiger partial charge in [-0.3, -0.25) is 4.79 Å². The van der Waals surface area contributed by atoms with E-state index in [1.165, 1.54) is 12.8 Å². The fourth-order valence-electron chi connectivity index (χ4n) is 2.28. The minimum absolute atomic E-state index is 0.00977. The third-order valence-corrected chi connectivity index (χ3v) is 4.13. The van der Waals surface area contributed by atoms with Gasteiger partial charge in [-0.25, -0.2) is 0 Å². The van der Waals surface area contributed by atoms with Crippen molar-refractivity contribution in [2.75, 3.05) is 5.73 Å². The standard InChI is InChI=1S/C13H17BrN2O/c1-8-3-2-4-12(8)16-13(17)9-5-6-11(15)10(14)7-9/h5-8,12H,2-4,15H2,1H3,(H,16,17). The zero-order valence-corrected chi connectivity index (χ0v) is 11.5. The molecule has 4 heteroatoms. The van der Waals surface area contributed by atoms with E-state index in [0.717, 1.165) is 10.9 Å². The second kappa shape index (κ2) is 5.08. The maximum Gasteiger partial charge on any atom is 0.251 e. The average molecular weight is 297 g/mol. The Hall–Kier alpha value is -1.03. The topological polar surface area (TPSA) is 55.1 Å². The maximum atomic E-state index is 12.0. The van der Waals surface area contributed by atoms with Crippen LogP contribution in [0, 0.1) is 5.92 Å². The van der Waals surface area contributed by atoms with Gasteiger partial charge in [0.1, 0.15) is 0 Å². The molecule has 2 unspecified atom stereocenters. The summed E-state index contributed by atoms with van der Waals surface area (Å²) in [5.74, 6) is 0.570. The molecule has 0 radical (unpaired) electrons. The summed E-state index contributed by atoms with van der Waals surface area (Å²) in [4.78, 5) is 12.0. The van der Waals surface area contributed by atoms with Crippen molar-refractivity contribution in [3.05, 3.63) is 28.2 Å². The lowest BCUT2D eigenvalue weighted by atomic mass is 10.1. The highest BCUT2D eigenvalue weighted by molar-refractivity contribution is 9.10. The molecule has 1 aliphatic carbocycles. The average Bonchev–Trinajstić information content (AvgIpc) is 2.68. The highest BCUT2D eigenvalue weighted by Crippen LogP contribution is 2.25. The fraction of sp³-hybridized carbons (Fsp3) is 0.462. The summed E-state index contributed by atoms with van der Waals surface area (Å²) in [6.45, 7) is 2.19. The normalized spacial score (nSPS) is 23.6. The molecule has 3 N–H and O–H groups in total. The largest absolute Gasteiger partial charge is 0.398 e. The van der Waals surface area contributed by atoms with E-state index in [9.17, 15) is 4.79 Å². The zero-order valence-electron chi connectivity index (χ0n) is 9.87. The van der Waals surface area contributed by atoms with E-state index in [-0.39, 0.29) is 5.91 Å². The molecule has 0 heterocycles. The summed E-state index contributed by atoms with van der Waals surface area (Å²) in [5.41, 5.74) is 7.00. The Morgan fingerprint density at radius 1 is 1.47 bits per heavy atom. The van der Waals surface area contributed by atoms with Crippen molar-refractivity contribution < 1.29 is 4.79 Å². The van der Waals surface area contributed by atoms with E-state index in [0.29, 0.717) is 23.2 Å². The quantitative estimate of drug-likeness (QED) is 0.825. The van der Waals surface area contributed by atoms with Crippen LogP contribution in [0.15, 0.2) is 22.7 Å². The molecule has 1 aliphatic rings. The summed E-state index contributed by atoms with van der Waals surface area (Å²) in [5, 5.41) is 3.09. The molecule has 1 aromatic carbocycles. The van der Waals surface area contributed by atoms with Crippen molar-refractivity contribution in [3.63, 3.8) is 0 Å². The van der Waals surface area contributed by atoms with Gasteiger partial charge in [0, 0.05) is 21.8 Å². The highest BCUT2D eigenvalue weighted by Gasteiger charge is 2.25. The number of halogens is 1. The molecule has 2 atom stereocenters. The van der Waals surface area contributed by atoms with Gasteiger partial charge in [-0.1, -0.05) is 13.3 Å². The van der Waals surface area contributed by atoms with Crippen LogP contribution in [0.25, 0.3) is 0 Å². The Morgan fingerprint density at radius 3 is 2.82 bits per heavy atom. The second-order valence-corrected chi connectivity index (χ2v) is 5.58. The number of hydrogen-bond donors (Lipinski definition) is 2. The molecule has 17 heavy (non-hydrogen) atoms. The molecule has 1 amide bonds. The molecule has 0 bridgehead atoms. The fourth-order valence-corrected chi connectivity index (χ4v) is 2.66. The van der Waals surface area contributed by atoms with Crippen LogP contribution < -0.4 is 11.1 Å². The molecular formula is C13H17BrN2O. The van der Waals surface area contributed by atoms with Gasteiger partial charge < -0.3 is 11.1 Å². The first-order chi connectivity index (χ1) is 8.08. The Kier molecular flexibility index (Phi) is 3.72. The van der Waals surface area contributed by atoms with Gasteiger partial charge in [-0.2, -0.15) is 0 Å². The number of rotatable bonds is 2. The molecule has 0 saturated heterocycles. The summed E-state index contributed by atoms with van der Waals surface area (Å²) in [6.07, 6.45) is 3.50. The number of hydrogen-bond acceptors (Lipinski definition) is 2. The molecule has 2 rings (SSSR count). The molecule has 0 aliphatic heterocycles. The van der Waals surface area contributed by atoms with Crippen LogP contribution in [-0.2, 0) is 0 Å². The van der Waals surface area contributed by atoms with Gasteiger partial charge in [0.25, 0.3) is 5.91 Å². The van der Waals surface area contributed by atoms with Gasteiger partial charge in [-0.15, -0.1) is 0 Å². The Labute approximate surface area is 110 Å². The minimum atomic E-state index is -0.00977. The lowest BCUT2D eigenvalue weighted by Gasteiger charge is -2.17. The molecule has 3 nitrogen and oxygen atoms in total. The summed E-state index contributed by atoms with van der Waals surface area (Å²) < 4.78 is 0.768. The van der Waals surface area contributed by atoms with E-state index in [1.54, 1.807) is 18.2 Å². The van der Waals surface area contributed by atoms with Gasteiger partial charge in [0.05, 0.1) is 0 Å². The predicted octanol–water partition coefficient (Wildman–Crippen LogP) is 2.95. The van der Waals surface area contributed by atoms with Crippen LogP contribution in [0.5, 0.6) is 0 Å². The van der Waals surface area contributed by atoms with Crippen molar-refractivity contribution in [1.29, 1.82) is 0 Å². The molecule has 0 aromatic heterocycles. The summed E-state index contributed by atoms with van der Waals surface area (Å²) >= 11 is 3.33. The SMILES string of the molecule is CC1CCCC1NC(=O)c1ccc(N)c(Br)c1. The Morgan fingerprint density at radius 2 is 2.24 bits per heavy atom. The van der Waals surface area contributed by atoms with E-state index >= 15 is 0 Å². The molecular weight excluding hydrogens is 280 g/mol. The number of nitrogens with two attached hydrogens (primary N) is 1. The predicted molar refractivity (Wildman–Crippen MR) is 72.8 cm³/mol. The first-order valence-electron chi connectivity index (χ1n) is 5.94. The van der Waals surface area contributed by atoms with E-state index in [1.807, 2.05) is 0 Å². The third-order valence-electron chi connectivity index (χ3n) is 3.44. The van der Waals surface area contributed by atoms with Crippen LogP contribution in [0.2, 0.25) is 0 Å². The maximum absolute atomic E-state index is 12.0.